The van der Waals surface area contributed by atoms with E-state index in [0.29, 0.717) is 16.9 Å². The molecule has 0 saturated carbocycles. The highest BCUT2D eigenvalue weighted by Gasteiger charge is 2.09. The number of rotatable bonds is 4. The molecule has 0 radical (unpaired) electrons. The molecule has 3 N–H and O–H groups in total. The fraction of sp³-hybridized carbons (Fsp3) is 0.143. The fourth-order valence-electron chi connectivity index (χ4n) is 2.91. The van der Waals surface area contributed by atoms with Crippen molar-refractivity contribution >= 4 is 23.3 Å². The molecule has 0 saturated heterocycles. The first-order valence-electron chi connectivity index (χ1n) is 8.63. The van der Waals surface area contributed by atoms with Gasteiger partial charge in [-0.3, -0.25) is 4.79 Å². The Morgan fingerprint density at radius 2 is 1.41 bits per heavy atom. The van der Waals surface area contributed by atoms with Crippen LogP contribution in [0.2, 0.25) is 0 Å². The topological polar surface area (TPSA) is 75.2 Å². The van der Waals surface area contributed by atoms with Gasteiger partial charge < -0.3 is 20.5 Å². The number of nitrogens with zero attached hydrogens (tertiary/aromatic N) is 1. The summed E-state index contributed by atoms with van der Waals surface area (Å²) in [6.45, 7) is 4.10. The Balaban J connectivity index is 1.73. The normalized spacial score (nSPS) is 10.3. The minimum absolute atomic E-state index is 0.209. The van der Waals surface area contributed by atoms with Crippen molar-refractivity contribution in [2.75, 3.05) is 17.7 Å². The highest BCUT2D eigenvalue weighted by atomic mass is 16.2. The lowest BCUT2D eigenvalue weighted by Crippen LogP contribution is -2.24. The number of hydrogen-bond acceptors (Lipinski definition) is 2. The smallest absolute Gasteiger partial charge is 0.318 e. The summed E-state index contributed by atoms with van der Waals surface area (Å²) in [5.41, 5.74) is 5.07. The number of nitrogens with one attached hydrogen (secondary N) is 3. The third-order valence-corrected chi connectivity index (χ3v) is 4.26. The summed E-state index contributed by atoms with van der Waals surface area (Å²) >= 11 is 0. The molecular formula is C21H22N4O2. The molecule has 2 aromatic carbocycles. The van der Waals surface area contributed by atoms with E-state index in [1.165, 1.54) is 0 Å². The molecule has 3 aromatic rings. The number of anilines is 2. The first-order chi connectivity index (χ1) is 13.0. The zero-order valence-electron chi connectivity index (χ0n) is 15.5. The summed E-state index contributed by atoms with van der Waals surface area (Å²) in [5, 5.41) is 8.01. The molecule has 3 rings (SSSR count). The van der Waals surface area contributed by atoms with Gasteiger partial charge in [0, 0.05) is 41.1 Å². The van der Waals surface area contributed by atoms with Gasteiger partial charge in [-0.1, -0.05) is 6.07 Å². The van der Waals surface area contributed by atoms with Crippen molar-refractivity contribution in [1.82, 2.24) is 9.88 Å². The zero-order valence-corrected chi connectivity index (χ0v) is 15.5. The molecule has 6 heteroatoms. The SMILES string of the molecule is CNC(=O)Nc1cccc(NC(=O)c2ccc(-n3c(C)ccc3C)cc2)c1. The van der Waals surface area contributed by atoms with Crippen LogP contribution >= 0.6 is 0 Å². The van der Waals surface area contributed by atoms with Gasteiger partial charge in [0.15, 0.2) is 0 Å². The highest BCUT2D eigenvalue weighted by molar-refractivity contribution is 6.04. The molecule has 6 nitrogen and oxygen atoms in total. The number of aromatic nitrogens is 1. The van der Waals surface area contributed by atoms with E-state index in [1.54, 1.807) is 43.4 Å². The molecule has 3 amide bonds. The Morgan fingerprint density at radius 1 is 0.815 bits per heavy atom. The molecule has 0 fully saturated rings. The second-order valence-electron chi connectivity index (χ2n) is 6.24. The van der Waals surface area contributed by atoms with Gasteiger partial charge in [0.25, 0.3) is 5.91 Å². The Bertz CT molecular complexity index is 955. The van der Waals surface area contributed by atoms with E-state index in [2.05, 4.69) is 32.7 Å². The van der Waals surface area contributed by atoms with Crippen molar-refractivity contribution in [1.29, 1.82) is 0 Å². The Morgan fingerprint density at radius 3 is 2.00 bits per heavy atom. The van der Waals surface area contributed by atoms with Crippen LogP contribution in [0.4, 0.5) is 16.2 Å². The van der Waals surface area contributed by atoms with Crippen molar-refractivity contribution in [3.05, 3.63) is 77.6 Å². The summed E-state index contributed by atoms with van der Waals surface area (Å²) in [6, 6.07) is 18.3. The molecule has 1 heterocycles. The molecule has 0 aliphatic heterocycles. The molecule has 0 atom stereocenters. The first-order valence-corrected chi connectivity index (χ1v) is 8.63. The molecular weight excluding hydrogens is 340 g/mol. The lowest BCUT2D eigenvalue weighted by atomic mass is 10.1. The number of benzene rings is 2. The van der Waals surface area contributed by atoms with E-state index < -0.39 is 0 Å². The number of carbonyl (C=O) groups is 2. The van der Waals surface area contributed by atoms with Gasteiger partial charge in [-0.25, -0.2) is 4.79 Å². The molecule has 0 spiro atoms. The number of amides is 3. The number of urea groups is 1. The standard InChI is InChI=1S/C21H22N4O2/c1-14-7-8-15(2)25(14)19-11-9-16(10-12-19)20(26)23-17-5-4-6-18(13-17)24-21(27)22-3/h4-13H,1-3H3,(H,23,26)(H2,22,24,27). The quantitative estimate of drug-likeness (QED) is 0.654. The van der Waals surface area contributed by atoms with Crippen molar-refractivity contribution in [2.24, 2.45) is 0 Å². The predicted octanol–water partition coefficient (Wildman–Crippen LogP) is 4.10. The number of carbonyl (C=O) groups excluding carboxylic acids is 2. The number of hydrogen-bond donors (Lipinski definition) is 3. The van der Waals surface area contributed by atoms with E-state index in [0.717, 1.165) is 17.1 Å². The van der Waals surface area contributed by atoms with E-state index in [4.69, 9.17) is 0 Å². The molecule has 0 aliphatic carbocycles. The maximum atomic E-state index is 12.5. The Kier molecular flexibility index (Phi) is 5.26. The van der Waals surface area contributed by atoms with E-state index in [9.17, 15) is 9.59 Å². The van der Waals surface area contributed by atoms with Crippen LogP contribution in [0.3, 0.4) is 0 Å². The van der Waals surface area contributed by atoms with E-state index in [-0.39, 0.29) is 11.9 Å². The van der Waals surface area contributed by atoms with Crippen LogP contribution in [0, 0.1) is 13.8 Å². The summed E-state index contributed by atoms with van der Waals surface area (Å²) < 4.78 is 2.13. The van der Waals surface area contributed by atoms with Crippen LogP contribution < -0.4 is 16.0 Å². The highest BCUT2D eigenvalue weighted by Crippen LogP contribution is 2.19. The van der Waals surface area contributed by atoms with Crippen molar-refractivity contribution in [3.63, 3.8) is 0 Å². The largest absolute Gasteiger partial charge is 0.341 e. The van der Waals surface area contributed by atoms with Crippen LogP contribution in [0.5, 0.6) is 0 Å². The van der Waals surface area contributed by atoms with Crippen molar-refractivity contribution in [2.45, 2.75) is 13.8 Å². The van der Waals surface area contributed by atoms with E-state index in [1.807, 2.05) is 26.0 Å². The minimum atomic E-state index is -0.315. The van der Waals surface area contributed by atoms with Gasteiger partial charge in [-0.2, -0.15) is 0 Å². The lowest BCUT2D eigenvalue weighted by Gasteiger charge is -2.11. The maximum Gasteiger partial charge on any atom is 0.318 e. The van der Waals surface area contributed by atoms with Gasteiger partial charge in [0.1, 0.15) is 0 Å². The zero-order chi connectivity index (χ0) is 19.4. The Hall–Kier alpha value is -3.54. The van der Waals surface area contributed by atoms with Crippen molar-refractivity contribution < 1.29 is 9.59 Å². The average Bonchev–Trinajstić information content (AvgIpc) is 3.00. The molecule has 138 valence electrons. The van der Waals surface area contributed by atoms with Gasteiger partial charge in [-0.05, 0) is 68.4 Å². The van der Waals surface area contributed by atoms with E-state index >= 15 is 0 Å². The van der Waals surface area contributed by atoms with Crippen LogP contribution in [0.25, 0.3) is 5.69 Å². The first kappa shape index (κ1) is 18.3. The average molecular weight is 362 g/mol. The second-order valence-corrected chi connectivity index (χ2v) is 6.24. The van der Waals surface area contributed by atoms with Crippen LogP contribution in [0.1, 0.15) is 21.7 Å². The Labute approximate surface area is 158 Å². The molecule has 1 aromatic heterocycles. The third kappa shape index (κ3) is 4.17. The molecule has 0 unspecified atom stereocenters. The summed E-state index contributed by atoms with van der Waals surface area (Å²) in [6.07, 6.45) is 0. The monoisotopic (exact) mass is 362 g/mol. The predicted molar refractivity (Wildman–Crippen MR) is 108 cm³/mol. The summed E-state index contributed by atoms with van der Waals surface area (Å²) in [5.74, 6) is -0.209. The van der Waals surface area contributed by atoms with Crippen molar-refractivity contribution in [3.8, 4) is 5.69 Å². The van der Waals surface area contributed by atoms with Gasteiger partial charge in [0.2, 0.25) is 0 Å². The number of aryl methyl sites for hydroxylation is 2. The fourth-order valence-corrected chi connectivity index (χ4v) is 2.91. The minimum Gasteiger partial charge on any atom is -0.341 e. The second kappa shape index (κ2) is 7.78. The van der Waals surface area contributed by atoms with Crippen LogP contribution in [-0.4, -0.2) is 23.6 Å². The third-order valence-electron chi connectivity index (χ3n) is 4.26. The lowest BCUT2D eigenvalue weighted by molar-refractivity contribution is 0.102. The van der Waals surface area contributed by atoms with Crippen LogP contribution in [0.15, 0.2) is 60.7 Å². The van der Waals surface area contributed by atoms with Gasteiger partial charge in [-0.15, -0.1) is 0 Å². The van der Waals surface area contributed by atoms with Gasteiger partial charge >= 0.3 is 6.03 Å². The summed E-state index contributed by atoms with van der Waals surface area (Å²) in [7, 11) is 1.54. The molecule has 0 bridgehead atoms. The summed E-state index contributed by atoms with van der Waals surface area (Å²) in [4.78, 5) is 23.9. The maximum absolute atomic E-state index is 12.5. The van der Waals surface area contributed by atoms with Crippen LogP contribution in [-0.2, 0) is 0 Å². The molecule has 0 aliphatic rings. The van der Waals surface area contributed by atoms with Gasteiger partial charge in [0.05, 0.1) is 0 Å². The molecule has 27 heavy (non-hydrogen) atoms.